The van der Waals surface area contributed by atoms with Crippen molar-refractivity contribution < 1.29 is 9.66 Å². The molecule has 0 fully saturated rings. The highest BCUT2D eigenvalue weighted by atomic mass is 32.1. The molecule has 0 radical (unpaired) electrons. The van der Waals surface area contributed by atoms with E-state index in [1.807, 2.05) is 35.7 Å². The number of aromatic nitrogens is 3. The molecule has 0 saturated heterocycles. The van der Waals surface area contributed by atoms with E-state index in [0.717, 1.165) is 16.3 Å². The molecule has 2 aromatic heterocycles. The van der Waals surface area contributed by atoms with Crippen molar-refractivity contribution in [1.29, 1.82) is 0 Å². The van der Waals surface area contributed by atoms with E-state index in [2.05, 4.69) is 15.0 Å². The quantitative estimate of drug-likeness (QED) is 0.388. The molecule has 0 spiro atoms. The van der Waals surface area contributed by atoms with Gasteiger partial charge in [-0.2, -0.15) is 0 Å². The van der Waals surface area contributed by atoms with Crippen LogP contribution in [0.3, 0.4) is 0 Å². The number of rotatable bonds is 5. The van der Waals surface area contributed by atoms with Crippen LogP contribution in [0.25, 0.3) is 21.5 Å². The Labute approximate surface area is 152 Å². The predicted octanol–water partition coefficient (Wildman–Crippen LogP) is 4.24. The van der Waals surface area contributed by atoms with Crippen LogP contribution in [0.15, 0.2) is 60.2 Å². The Bertz CT molecular complexity index is 1080. The molecule has 0 atom stereocenters. The number of ether oxygens (including phenoxy) is 1. The maximum absolute atomic E-state index is 10.9. The van der Waals surface area contributed by atoms with Crippen LogP contribution in [0.5, 0.6) is 5.88 Å². The van der Waals surface area contributed by atoms with Crippen LogP contribution in [0, 0.1) is 10.1 Å². The van der Waals surface area contributed by atoms with Crippen molar-refractivity contribution in [2.45, 2.75) is 6.61 Å². The largest absolute Gasteiger partial charge is 0.471 e. The third-order valence-electron chi connectivity index (χ3n) is 3.72. The van der Waals surface area contributed by atoms with Crippen molar-refractivity contribution in [2.24, 2.45) is 0 Å². The van der Waals surface area contributed by atoms with Gasteiger partial charge in [0.15, 0.2) is 0 Å². The standard InChI is InChI=1S/C18H12N4O3S/c23-22(24)14-6-7-15-16(8-14)19-11-20-17(15)25-9-13-10-26-18(21-13)12-4-2-1-3-5-12/h1-8,10-11H,9H2. The fraction of sp³-hybridized carbons (Fsp3) is 0.0556. The monoisotopic (exact) mass is 364 g/mol. The van der Waals surface area contributed by atoms with Gasteiger partial charge >= 0.3 is 0 Å². The number of hydrogen-bond donors (Lipinski definition) is 0. The Kier molecular flexibility index (Phi) is 4.24. The Morgan fingerprint density at radius 3 is 2.77 bits per heavy atom. The van der Waals surface area contributed by atoms with Gasteiger partial charge in [0.1, 0.15) is 17.9 Å². The van der Waals surface area contributed by atoms with E-state index < -0.39 is 4.92 Å². The van der Waals surface area contributed by atoms with Crippen LogP contribution in [0.1, 0.15) is 5.69 Å². The lowest BCUT2D eigenvalue weighted by molar-refractivity contribution is -0.384. The van der Waals surface area contributed by atoms with Gasteiger partial charge in [0.2, 0.25) is 5.88 Å². The van der Waals surface area contributed by atoms with Crippen LogP contribution in [-0.2, 0) is 6.61 Å². The summed E-state index contributed by atoms with van der Waals surface area (Å²) >= 11 is 1.55. The Morgan fingerprint density at radius 2 is 1.96 bits per heavy atom. The van der Waals surface area contributed by atoms with Crippen LogP contribution in [0.4, 0.5) is 5.69 Å². The molecule has 0 aliphatic rings. The molecular formula is C18H12N4O3S. The van der Waals surface area contributed by atoms with Gasteiger partial charge in [-0.25, -0.2) is 15.0 Å². The second-order valence-corrected chi connectivity index (χ2v) is 6.29. The average Bonchev–Trinajstić information content (AvgIpc) is 3.15. The SMILES string of the molecule is O=[N+]([O-])c1ccc2c(OCc3csc(-c4ccccc4)n3)ncnc2c1. The zero-order chi connectivity index (χ0) is 17.9. The first-order valence-corrected chi connectivity index (χ1v) is 8.60. The van der Waals surface area contributed by atoms with Crippen LogP contribution in [-0.4, -0.2) is 19.9 Å². The second kappa shape index (κ2) is 6.85. The summed E-state index contributed by atoms with van der Waals surface area (Å²) in [6, 6.07) is 14.3. The highest BCUT2D eigenvalue weighted by Crippen LogP contribution is 2.27. The Hall–Kier alpha value is -3.39. The molecule has 2 aromatic carbocycles. The molecule has 4 aromatic rings. The summed E-state index contributed by atoms with van der Waals surface area (Å²) in [5.74, 6) is 0.374. The number of fused-ring (bicyclic) bond motifs is 1. The Morgan fingerprint density at radius 1 is 1.12 bits per heavy atom. The molecule has 2 heterocycles. The van der Waals surface area contributed by atoms with E-state index in [-0.39, 0.29) is 12.3 Å². The van der Waals surface area contributed by atoms with Crippen molar-refractivity contribution in [2.75, 3.05) is 0 Å². The number of thiazole rings is 1. The molecule has 7 nitrogen and oxygen atoms in total. The summed E-state index contributed by atoms with van der Waals surface area (Å²) in [5, 5.41) is 14.4. The van der Waals surface area contributed by atoms with Crippen molar-refractivity contribution in [3.8, 4) is 16.5 Å². The van der Waals surface area contributed by atoms with Gasteiger partial charge in [-0.1, -0.05) is 30.3 Å². The number of nitro groups is 1. The molecular weight excluding hydrogens is 352 g/mol. The van der Waals surface area contributed by atoms with Gasteiger partial charge in [-0.05, 0) is 6.07 Å². The fourth-order valence-electron chi connectivity index (χ4n) is 2.48. The van der Waals surface area contributed by atoms with Gasteiger partial charge in [0.05, 0.1) is 21.5 Å². The van der Waals surface area contributed by atoms with Gasteiger partial charge in [0.25, 0.3) is 5.69 Å². The van der Waals surface area contributed by atoms with Crippen molar-refractivity contribution in [1.82, 2.24) is 15.0 Å². The van der Waals surface area contributed by atoms with E-state index in [1.165, 1.54) is 18.5 Å². The zero-order valence-electron chi connectivity index (χ0n) is 13.4. The molecule has 8 heteroatoms. The number of nitro benzene ring substituents is 1. The van der Waals surface area contributed by atoms with Gasteiger partial charge in [0, 0.05) is 23.1 Å². The predicted molar refractivity (Wildman–Crippen MR) is 98.1 cm³/mol. The van der Waals surface area contributed by atoms with E-state index in [4.69, 9.17) is 4.74 Å². The van der Waals surface area contributed by atoms with Crippen molar-refractivity contribution in [3.63, 3.8) is 0 Å². The van der Waals surface area contributed by atoms with E-state index >= 15 is 0 Å². The minimum Gasteiger partial charge on any atom is -0.471 e. The van der Waals surface area contributed by atoms with E-state index in [0.29, 0.717) is 16.8 Å². The lowest BCUT2D eigenvalue weighted by Crippen LogP contribution is -1.99. The van der Waals surface area contributed by atoms with Gasteiger partial charge in [-0.15, -0.1) is 11.3 Å². The summed E-state index contributed by atoms with van der Waals surface area (Å²) in [6.45, 7) is 0.256. The lowest BCUT2D eigenvalue weighted by Gasteiger charge is -2.06. The first-order chi connectivity index (χ1) is 12.7. The third-order valence-corrected chi connectivity index (χ3v) is 4.66. The van der Waals surface area contributed by atoms with Crippen LogP contribution < -0.4 is 4.74 Å². The maximum atomic E-state index is 10.9. The molecule has 4 rings (SSSR count). The highest BCUT2D eigenvalue weighted by Gasteiger charge is 2.12. The van der Waals surface area contributed by atoms with Crippen molar-refractivity contribution in [3.05, 3.63) is 76.0 Å². The molecule has 0 aliphatic carbocycles. The third kappa shape index (κ3) is 3.22. The maximum Gasteiger partial charge on any atom is 0.271 e. The fourth-order valence-corrected chi connectivity index (χ4v) is 3.29. The topological polar surface area (TPSA) is 91.0 Å². The highest BCUT2D eigenvalue weighted by molar-refractivity contribution is 7.13. The Balaban J connectivity index is 1.55. The number of hydrogen-bond acceptors (Lipinski definition) is 7. The van der Waals surface area contributed by atoms with Gasteiger partial charge < -0.3 is 4.74 Å². The first kappa shape index (κ1) is 16.1. The number of benzene rings is 2. The number of nitrogens with zero attached hydrogens (tertiary/aromatic N) is 4. The first-order valence-electron chi connectivity index (χ1n) is 7.72. The van der Waals surface area contributed by atoms with E-state index in [9.17, 15) is 10.1 Å². The molecule has 0 aliphatic heterocycles. The molecule has 128 valence electrons. The summed E-state index contributed by atoms with van der Waals surface area (Å²) in [7, 11) is 0. The molecule has 0 N–H and O–H groups in total. The molecule has 0 unspecified atom stereocenters. The second-order valence-electron chi connectivity index (χ2n) is 5.44. The summed E-state index contributed by atoms with van der Waals surface area (Å²) in [4.78, 5) is 23.2. The summed E-state index contributed by atoms with van der Waals surface area (Å²) in [6.07, 6.45) is 1.33. The smallest absolute Gasteiger partial charge is 0.271 e. The lowest BCUT2D eigenvalue weighted by atomic mass is 10.2. The minimum absolute atomic E-state index is 0.0193. The molecule has 0 amide bonds. The molecule has 0 bridgehead atoms. The normalized spacial score (nSPS) is 10.8. The summed E-state index contributed by atoms with van der Waals surface area (Å²) < 4.78 is 5.78. The van der Waals surface area contributed by atoms with Gasteiger partial charge in [-0.3, -0.25) is 10.1 Å². The minimum atomic E-state index is -0.456. The van der Waals surface area contributed by atoms with E-state index in [1.54, 1.807) is 17.4 Å². The average molecular weight is 364 g/mol. The van der Waals surface area contributed by atoms with Crippen LogP contribution >= 0.6 is 11.3 Å². The van der Waals surface area contributed by atoms with Crippen molar-refractivity contribution >= 4 is 27.9 Å². The molecule has 0 saturated carbocycles. The zero-order valence-corrected chi connectivity index (χ0v) is 14.2. The molecule has 26 heavy (non-hydrogen) atoms. The van der Waals surface area contributed by atoms with Crippen LogP contribution in [0.2, 0.25) is 0 Å². The number of non-ortho nitro benzene ring substituents is 1. The summed E-state index contributed by atoms with van der Waals surface area (Å²) in [5.41, 5.74) is 2.30.